The van der Waals surface area contributed by atoms with E-state index < -0.39 is 0 Å². The summed E-state index contributed by atoms with van der Waals surface area (Å²) in [5.74, 6) is 0.435. The van der Waals surface area contributed by atoms with E-state index in [0.29, 0.717) is 11.4 Å². The van der Waals surface area contributed by atoms with Crippen molar-refractivity contribution >= 4 is 11.5 Å². The van der Waals surface area contributed by atoms with E-state index in [-0.39, 0.29) is 0 Å². The van der Waals surface area contributed by atoms with Crippen LogP contribution in [0.3, 0.4) is 0 Å². The molecule has 1 aromatic heterocycles. The Hall–Kier alpha value is -1.08. The van der Waals surface area contributed by atoms with Gasteiger partial charge in [0.05, 0.1) is 7.11 Å². The SMILES string of the molecule is COc1nsc(C)c1C#N. The molecular formula is C6H6N2OS. The van der Waals surface area contributed by atoms with E-state index in [9.17, 15) is 0 Å². The number of aryl methyl sites for hydroxylation is 1. The van der Waals surface area contributed by atoms with Gasteiger partial charge in [0.2, 0.25) is 5.88 Å². The van der Waals surface area contributed by atoms with Gasteiger partial charge < -0.3 is 4.74 Å². The van der Waals surface area contributed by atoms with Crippen LogP contribution in [0.2, 0.25) is 0 Å². The lowest BCUT2D eigenvalue weighted by Crippen LogP contribution is -1.84. The molecule has 10 heavy (non-hydrogen) atoms. The summed E-state index contributed by atoms with van der Waals surface area (Å²) in [6.45, 7) is 1.85. The lowest BCUT2D eigenvalue weighted by molar-refractivity contribution is 0.401. The van der Waals surface area contributed by atoms with Gasteiger partial charge in [0.1, 0.15) is 11.6 Å². The molecule has 0 aliphatic heterocycles. The van der Waals surface area contributed by atoms with Gasteiger partial charge in [-0.25, -0.2) is 0 Å². The van der Waals surface area contributed by atoms with Crippen molar-refractivity contribution in [2.75, 3.05) is 7.11 Å². The Morgan fingerprint density at radius 2 is 2.40 bits per heavy atom. The lowest BCUT2D eigenvalue weighted by Gasteiger charge is -1.90. The standard InChI is InChI=1S/C6H6N2OS/c1-4-5(3-7)6(9-2)8-10-4/h1-2H3. The summed E-state index contributed by atoms with van der Waals surface area (Å²) in [6.07, 6.45) is 0. The van der Waals surface area contributed by atoms with Crippen molar-refractivity contribution in [3.05, 3.63) is 10.4 Å². The van der Waals surface area contributed by atoms with Crippen LogP contribution in [-0.2, 0) is 0 Å². The summed E-state index contributed by atoms with van der Waals surface area (Å²) in [5, 5.41) is 8.56. The summed E-state index contributed by atoms with van der Waals surface area (Å²) in [7, 11) is 1.51. The molecule has 0 aliphatic carbocycles. The second kappa shape index (κ2) is 2.67. The third-order valence-electron chi connectivity index (χ3n) is 1.14. The van der Waals surface area contributed by atoms with E-state index in [0.717, 1.165) is 4.88 Å². The lowest BCUT2D eigenvalue weighted by atomic mass is 10.3. The maximum Gasteiger partial charge on any atom is 0.243 e. The minimum atomic E-state index is 0.435. The summed E-state index contributed by atoms with van der Waals surface area (Å²) in [6, 6.07) is 2.02. The van der Waals surface area contributed by atoms with E-state index in [1.165, 1.54) is 18.6 Å². The highest BCUT2D eigenvalue weighted by molar-refractivity contribution is 7.06. The van der Waals surface area contributed by atoms with Crippen LogP contribution < -0.4 is 4.74 Å². The Morgan fingerprint density at radius 3 is 2.80 bits per heavy atom. The molecule has 0 bridgehead atoms. The fourth-order valence-electron chi connectivity index (χ4n) is 0.618. The van der Waals surface area contributed by atoms with E-state index in [2.05, 4.69) is 4.37 Å². The fourth-order valence-corrected chi connectivity index (χ4v) is 1.23. The third kappa shape index (κ3) is 0.957. The minimum absolute atomic E-state index is 0.435. The van der Waals surface area contributed by atoms with E-state index in [1.54, 1.807) is 0 Å². The molecule has 0 aliphatic rings. The van der Waals surface area contributed by atoms with Gasteiger partial charge in [0.15, 0.2) is 0 Å². The molecule has 0 saturated heterocycles. The molecule has 0 radical (unpaired) electrons. The van der Waals surface area contributed by atoms with Crippen molar-refractivity contribution in [2.24, 2.45) is 0 Å². The van der Waals surface area contributed by atoms with Crippen LogP contribution in [0.5, 0.6) is 5.88 Å². The van der Waals surface area contributed by atoms with Crippen molar-refractivity contribution in [1.29, 1.82) is 5.26 Å². The highest BCUT2D eigenvalue weighted by atomic mass is 32.1. The molecule has 0 atom stereocenters. The number of hydrogen-bond acceptors (Lipinski definition) is 4. The molecule has 1 rings (SSSR count). The van der Waals surface area contributed by atoms with Gasteiger partial charge in [0, 0.05) is 4.88 Å². The van der Waals surface area contributed by atoms with Crippen LogP contribution in [0.4, 0.5) is 0 Å². The zero-order chi connectivity index (χ0) is 7.56. The molecule has 3 nitrogen and oxygen atoms in total. The van der Waals surface area contributed by atoms with Gasteiger partial charge >= 0.3 is 0 Å². The van der Waals surface area contributed by atoms with Crippen LogP contribution in [0.25, 0.3) is 0 Å². The van der Waals surface area contributed by atoms with E-state index >= 15 is 0 Å². The second-order valence-electron chi connectivity index (χ2n) is 1.73. The van der Waals surface area contributed by atoms with Gasteiger partial charge in [-0.2, -0.15) is 9.64 Å². The third-order valence-corrected chi connectivity index (χ3v) is 1.87. The molecule has 0 unspecified atom stereocenters. The average molecular weight is 154 g/mol. The Kier molecular flexibility index (Phi) is 1.88. The number of rotatable bonds is 1. The van der Waals surface area contributed by atoms with Gasteiger partial charge in [-0.05, 0) is 18.5 Å². The Morgan fingerprint density at radius 1 is 1.70 bits per heavy atom. The van der Waals surface area contributed by atoms with Gasteiger partial charge in [-0.15, -0.1) is 0 Å². The molecule has 0 aromatic carbocycles. The Bertz CT molecular complexity index is 274. The monoisotopic (exact) mass is 154 g/mol. The molecule has 4 heteroatoms. The number of methoxy groups -OCH3 is 1. The summed E-state index contributed by atoms with van der Waals surface area (Å²) in [4.78, 5) is 0.902. The topological polar surface area (TPSA) is 45.9 Å². The highest BCUT2D eigenvalue weighted by Gasteiger charge is 2.08. The second-order valence-corrected chi connectivity index (χ2v) is 2.71. The maximum atomic E-state index is 8.56. The van der Waals surface area contributed by atoms with Crippen molar-refractivity contribution in [3.8, 4) is 11.9 Å². The molecular weight excluding hydrogens is 148 g/mol. The number of nitrogens with zero attached hydrogens (tertiary/aromatic N) is 2. The maximum absolute atomic E-state index is 8.56. The molecule has 0 fully saturated rings. The predicted molar refractivity (Wildman–Crippen MR) is 38.1 cm³/mol. The van der Waals surface area contributed by atoms with E-state index in [1.807, 2.05) is 13.0 Å². The molecule has 52 valence electrons. The highest BCUT2D eigenvalue weighted by Crippen LogP contribution is 2.22. The Labute approximate surface area is 63.0 Å². The zero-order valence-electron chi connectivity index (χ0n) is 5.71. The van der Waals surface area contributed by atoms with Crippen LogP contribution in [0, 0.1) is 18.3 Å². The van der Waals surface area contributed by atoms with Crippen LogP contribution in [0.15, 0.2) is 0 Å². The number of nitriles is 1. The largest absolute Gasteiger partial charge is 0.479 e. The van der Waals surface area contributed by atoms with Crippen LogP contribution in [-0.4, -0.2) is 11.5 Å². The number of ether oxygens (including phenoxy) is 1. The van der Waals surface area contributed by atoms with Crippen molar-refractivity contribution in [2.45, 2.75) is 6.92 Å². The number of hydrogen-bond donors (Lipinski definition) is 0. The van der Waals surface area contributed by atoms with Gasteiger partial charge in [-0.1, -0.05) is 0 Å². The van der Waals surface area contributed by atoms with Crippen LogP contribution >= 0.6 is 11.5 Å². The summed E-state index contributed by atoms with van der Waals surface area (Å²) >= 11 is 1.28. The summed E-state index contributed by atoms with van der Waals surface area (Å²) < 4.78 is 8.74. The number of aromatic nitrogens is 1. The first kappa shape index (κ1) is 7.03. The molecule has 1 heterocycles. The Balaban J connectivity index is 3.17. The van der Waals surface area contributed by atoms with Gasteiger partial charge in [0.25, 0.3) is 0 Å². The molecule has 0 spiro atoms. The normalized spacial score (nSPS) is 8.90. The molecule has 1 aromatic rings. The van der Waals surface area contributed by atoms with Crippen LogP contribution in [0.1, 0.15) is 10.4 Å². The van der Waals surface area contributed by atoms with Crippen molar-refractivity contribution in [1.82, 2.24) is 4.37 Å². The molecule has 0 N–H and O–H groups in total. The predicted octanol–water partition coefficient (Wildman–Crippen LogP) is 1.33. The van der Waals surface area contributed by atoms with Crippen molar-refractivity contribution in [3.63, 3.8) is 0 Å². The molecule has 0 saturated carbocycles. The minimum Gasteiger partial charge on any atom is -0.479 e. The average Bonchev–Trinajstić information content (AvgIpc) is 2.30. The first-order valence-electron chi connectivity index (χ1n) is 2.70. The molecule has 0 amide bonds. The quantitative estimate of drug-likeness (QED) is 0.613. The van der Waals surface area contributed by atoms with Crippen molar-refractivity contribution < 1.29 is 4.74 Å². The van der Waals surface area contributed by atoms with Gasteiger partial charge in [-0.3, -0.25) is 0 Å². The van der Waals surface area contributed by atoms with E-state index in [4.69, 9.17) is 10.00 Å². The zero-order valence-corrected chi connectivity index (χ0v) is 6.53. The summed E-state index contributed by atoms with van der Waals surface area (Å²) in [5.41, 5.74) is 0.549. The first-order chi connectivity index (χ1) is 4.79. The first-order valence-corrected chi connectivity index (χ1v) is 3.47. The smallest absolute Gasteiger partial charge is 0.243 e. The fraction of sp³-hybridized carbons (Fsp3) is 0.333.